The van der Waals surface area contributed by atoms with E-state index in [1.165, 1.54) is 11.3 Å². The van der Waals surface area contributed by atoms with Crippen molar-refractivity contribution in [2.24, 2.45) is 7.05 Å². The van der Waals surface area contributed by atoms with Crippen LogP contribution >= 0.6 is 0 Å². The van der Waals surface area contributed by atoms with Crippen molar-refractivity contribution in [2.75, 3.05) is 36.5 Å². The van der Waals surface area contributed by atoms with Crippen molar-refractivity contribution in [3.05, 3.63) is 41.7 Å². The van der Waals surface area contributed by atoms with Crippen LogP contribution < -0.4 is 10.2 Å². The van der Waals surface area contributed by atoms with E-state index in [-0.39, 0.29) is 0 Å². The maximum absolute atomic E-state index is 5.38. The van der Waals surface area contributed by atoms with Crippen LogP contribution in [-0.2, 0) is 18.3 Å². The van der Waals surface area contributed by atoms with Crippen LogP contribution in [0, 0.1) is 6.92 Å². The highest BCUT2D eigenvalue weighted by Crippen LogP contribution is 2.19. The van der Waals surface area contributed by atoms with Gasteiger partial charge in [-0.25, -0.2) is 0 Å². The highest BCUT2D eigenvalue weighted by Gasteiger charge is 2.10. The SMILES string of the molecule is Cc1nn(C)cc1CNc1ccc(N2CCOCC2)cc1. The van der Waals surface area contributed by atoms with Crippen molar-refractivity contribution in [1.29, 1.82) is 0 Å². The van der Waals surface area contributed by atoms with Gasteiger partial charge in [-0.15, -0.1) is 0 Å². The normalized spacial score (nSPS) is 15.2. The maximum Gasteiger partial charge on any atom is 0.0643 e. The van der Waals surface area contributed by atoms with Crippen molar-refractivity contribution in [2.45, 2.75) is 13.5 Å². The van der Waals surface area contributed by atoms with Crippen LogP contribution in [0.15, 0.2) is 30.5 Å². The molecule has 5 heteroatoms. The minimum atomic E-state index is 0.802. The predicted molar refractivity (Wildman–Crippen MR) is 84.7 cm³/mol. The van der Waals surface area contributed by atoms with E-state index in [4.69, 9.17) is 4.74 Å². The van der Waals surface area contributed by atoms with E-state index in [9.17, 15) is 0 Å². The number of hydrogen-bond acceptors (Lipinski definition) is 4. The standard InChI is InChI=1S/C16H22N4O/c1-13-14(12-19(2)18-13)11-17-15-3-5-16(6-4-15)20-7-9-21-10-8-20/h3-6,12,17H,7-11H2,1-2H3. The van der Waals surface area contributed by atoms with Crippen molar-refractivity contribution in [1.82, 2.24) is 9.78 Å². The smallest absolute Gasteiger partial charge is 0.0643 e. The number of morpholine rings is 1. The minimum Gasteiger partial charge on any atom is -0.381 e. The van der Waals surface area contributed by atoms with Gasteiger partial charge in [0.15, 0.2) is 0 Å². The summed E-state index contributed by atoms with van der Waals surface area (Å²) >= 11 is 0. The number of hydrogen-bond donors (Lipinski definition) is 1. The lowest BCUT2D eigenvalue weighted by Gasteiger charge is -2.28. The predicted octanol–water partition coefficient (Wildman–Crippen LogP) is 2.18. The molecule has 1 aliphatic rings. The molecule has 0 saturated carbocycles. The van der Waals surface area contributed by atoms with Gasteiger partial charge in [-0.3, -0.25) is 4.68 Å². The molecule has 3 rings (SSSR count). The molecule has 112 valence electrons. The third kappa shape index (κ3) is 3.36. The van der Waals surface area contributed by atoms with Gasteiger partial charge in [0.05, 0.1) is 18.9 Å². The molecule has 1 N–H and O–H groups in total. The highest BCUT2D eigenvalue weighted by molar-refractivity contribution is 5.55. The summed E-state index contributed by atoms with van der Waals surface area (Å²) in [6.45, 7) is 6.43. The van der Waals surface area contributed by atoms with E-state index in [1.807, 2.05) is 18.7 Å². The summed E-state index contributed by atoms with van der Waals surface area (Å²) in [6, 6.07) is 8.61. The van der Waals surface area contributed by atoms with Gasteiger partial charge in [0.1, 0.15) is 0 Å². The van der Waals surface area contributed by atoms with Crippen molar-refractivity contribution in [3.8, 4) is 0 Å². The van der Waals surface area contributed by atoms with Gasteiger partial charge >= 0.3 is 0 Å². The van der Waals surface area contributed by atoms with Crippen LogP contribution in [0.1, 0.15) is 11.3 Å². The average molecular weight is 286 g/mol. The molecule has 1 aromatic heterocycles. The van der Waals surface area contributed by atoms with Crippen LogP contribution in [0.2, 0.25) is 0 Å². The Kier molecular flexibility index (Phi) is 4.10. The molecule has 0 aliphatic carbocycles. The second-order valence-corrected chi connectivity index (χ2v) is 5.41. The molecule has 2 aromatic rings. The summed E-state index contributed by atoms with van der Waals surface area (Å²) in [6.07, 6.45) is 2.06. The molecule has 0 amide bonds. The van der Waals surface area contributed by atoms with E-state index in [0.29, 0.717) is 0 Å². The first kappa shape index (κ1) is 13.9. The molecule has 2 heterocycles. The maximum atomic E-state index is 5.38. The molecule has 5 nitrogen and oxygen atoms in total. The molecule has 21 heavy (non-hydrogen) atoms. The Bertz CT molecular complexity index is 585. The van der Waals surface area contributed by atoms with Crippen LogP contribution in [0.5, 0.6) is 0 Å². The summed E-state index contributed by atoms with van der Waals surface area (Å²) in [5.41, 5.74) is 4.71. The first-order valence-electron chi connectivity index (χ1n) is 7.38. The Balaban J connectivity index is 1.60. The zero-order valence-electron chi connectivity index (χ0n) is 12.7. The lowest BCUT2D eigenvalue weighted by molar-refractivity contribution is 0.122. The Hall–Kier alpha value is -2.01. The fraction of sp³-hybridized carbons (Fsp3) is 0.438. The number of anilines is 2. The first-order chi connectivity index (χ1) is 10.2. The molecule has 1 aliphatic heterocycles. The van der Waals surface area contributed by atoms with Gasteiger partial charge in [-0.1, -0.05) is 0 Å². The largest absolute Gasteiger partial charge is 0.381 e. The lowest BCUT2D eigenvalue weighted by Crippen LogP contribution is -2.36. The van der Waals surface area contributed by atoms with Gasteiger partial charge in [0, 0.05) is 49.8 Å². The molecule has 0 radical (unpaired) electrons. The molecule has 0 atom stereocenters. The number of aryl methyl sites for hydroxylation is 2. The Morgan fingerprint density at radius 2 is 1.90 bits per heavy atom. The summed E-state index contributed by atoms with van der Waals surface area (Å²) in [5, 5.41) is 7.81. The van der Waals surface area contributed by atoms with E-state index in [2.05, 4.69) is 45.8 Å². The van der Waals surface area contributed by atoms with Crippen molar-refractivity contribution < 1.29 is 4.74 Å². The zero-order chi connectivity index (χ0) is 14.7. The van der Waals surface area contributed by atoms with Crippen LogP contribution in [0.25, 0.3) is 0 Å². The number of nitrogens with one attached hydrogen (secondary N) is 1. The summed E-state index contributed by atoms with van der Waals surface area (Å²) in [4.78, 5) is 2.36. The third-order valence-electron chi connectivity index (χ3n) is 3.84. The Labute approximate surface area is 125 Å². The van der Waals surface area contributed by atoms with Crippen molar-refractivity contribution in [3.63, 3.8) is 0 Å². The van der Waals surface area contributed by atoms with Crippen LogP contribution in [0.3, 0.4) is 0 Å². The van der Waals surface area contributed by atoms with Gasteiger partial charge < -0.3 is 15.0 Å². The van der Waals surface area contributed by atoms with Gasteiger partial charge in [0.2, 0.25) is 0 Å². The zero-order valence-corrected chi connectivity index (χ0v) is 12.7. The minimum absolute atomic E-state index is 0.802. The summed E-state index contributed by atoms with van der Waals surface area (Å²) in [7, 11) is 1.95. The first-order valence-corrected chi connectivity index (χ1v) is 7.38. The molecule has 0 bridgehead atoms. The topological polar surface area (TPSA) is 42.3 Å². The number of nitrogens with zero attached hydrogens (tertiary/aromatic N) is 3. The number of ether oxygens (including phenoxy) is 1. The quantitative estimate of drug-likeness (QED) is 0.935. The van der Waals surface area contributed by atoms with Gasteiger partial charge in [0.25, 0.3) is 0 Å². The molecule has 0 unspecified atom stereocenters. The van der Waals surface area contributed by atoms with Crippen LogP contribution in [-0.4, -0.2) is 36.1 Å². The summed E-state index contributed by atoms with van der Waals surface area (Å²) < 4.78 is 7.24. The molecule has 1 aromatic carbocycles. The second-order valence-electron chi connectivity index (χ2n) is 5.41. The molecule has 1 saturated heterocycles. The molecular weight excluding hydrogens is 264 g/mol. The van der Waals surface area contributed by atoms with Crippen LogP contribution in [0.4, 0.5) is 11.4 Å². The number of benzene rings is 1. The Morgan fingerprint density at radius 1 is 1.19 bits per heavy atom. The fourth-order valence-electron chi connectivity index (χ4n) is 2.63. The highest BCUT2D eigenvalue weighted by atomic mass is 16.5. The van der Waals surface area contributed by atoms with E-state index in [0.717, 1.165) is 44.2 Å². The van der Waals surface area contributed by atoms with Crippen molar-refractivity contribution >= 4 is 11.4 Å². The van der Waals surface area contributed by atoms with E-state index < -0.39 is 0 Å². The monoisotopic (exact) mass is 286 g/mol. The number of aromatic nitrogens is 2. The lowest BCUT2D eigenvalue weighted by atomic mass is 10.2. The van der Waals surface area contributed by atoms with Gasteiger partial charge in [-0.05, 0) is 31.2 Å². The second kappa shape index (κ2) is 6.18. The molecular formula is C16H22N4O. The Morgan fingerprint density at radius 3 is 2.52 bits per heavy atom. The average Bonchev–Trinajstić information content (AvgIpc) is 2.84. The van der Waals surface area contributed by atoms with Gasteiger partial charge in [-0.2, -0.15) is 5.10 Å². The summed E-state index contributed by atoms with van der Waals surface area (Å²) in [5.74, 6) is 0. The third-order valence-corrected chi connectivity index (χ3v) is 3.84. The molecule has 1 fully saturated rings. The van der Waals surface area contributed by atoms with E-state index >= 15 is 0 Å². The van der Waals surface area contributed by atoms with E-state index in [1.54, 1.807) is 0 Å². The number of rotatable bonds is 4. The fourth-order valence-corrected chi connectivity index (χ4v) is 2.63. The molecule has 0 spiro atoms.